The number of nitrogens with one attached hydrogen (secondary N) is 1. The van der Waals surface area contributed by atoms with E-state index < -0.39 is 15.6 Å². The molecule has 0 unspecified atom stereocenters. The molecule has 0 aliphatic heterocycles. The maximum Gasteiger partial charge on any atom is 0.240 e. The second-order valence-corrected chi connectivity index (χ2v) is 7.98. The SMILES string of the molecule is C[C@](CNS(=O)(=O)c1ccccc1)(c1ccccc1)N(CCO)CCO. The van der Waals surface area contributed by atoms with Crippen LogP contribution in [0.5, 0.6) is 0 Å². The molecule has 0 aromatic heterocycles. The molecule has 142 valence electrons. The fourth-order valence-corrected chi connectivity index (χ4v) is 4.11. The molecule has 0 bridgehead atoms. The molecule has 0 aliphatic carbocycles. The van der Waals surface area contributed by atoms with Gasteiger partial charge in [-0.3, -0.25) is 4.90 Å². The molecule has 0 saturated heterocycles. The van der Waals surface area contributed by atoms with Crippen LogP contribution in [0.15, 0.2) is 65.6 Å². The summed E-state index contributed by atoms with van der Waals surface area (Å²) < 4.78 is 27.9. The molecule has 0 spiro atoms. The van der Waals surface area contributed by atoms with Crippen LogP contribution in [0.3, 0.4) is 0 Å². The fourth-order valence-electron chi connectivity index (χ4n) is 2.96. The van der Waals surface area contributed by atoms with Crippen LogP contribution < -0.4 is 4.72 Å². The Balaban J connectivity index is 2.32. The largest absolute Gasteiger partial charge is 0.395 e. The van der Waals surface area contributed by atoms with E-state index in [1.165, 1.54) is 0 Å². The molecule has 6 nitrogen and oxygen atoms in total. The Bertz CT molecular complexity index is 763. The van der Waals surface area contributed by atoms with Gasteiger partial charge in [-0.15, -0.1) is 0 Å². The molecule has 26 heavy (non-hydrogen) atoms. The number of aliphatic hydroxyl groups excluding tert-OH is 2. The predicted molar refractivity (Wildman–Crippen MR) is 101 cm³/mol. The zero-order valence-corrected chi connectivity index (χ0v) is 15.7. The lowest BCUT2D eigenvalue weighted by Crippen LogP contribution is -2.53. The van der Waals surface area contributed by atoms with Gasteiger partial charge in [0.25, 0.3) is 0 Å². The smallest absolute Gasteiger partial charge is 0.240 e. The molecular formula is C19H26N2O4S. The summed E-state index contributed by atoms with van der Waals surface area (Å²) >= 11 is 0. The molecule has 2 aromatic carbocycles. The highest BCUT2D eigenvalue weighted by Crippen LogP contribution is 2.28. The molecule has 2 aromatic rings. The van der Waals surface area contributed by atoms with E-state index >= 15 is 0 Å². The third kappa shape index (κ3) is 4.90. The monoisotopic (exact) mass is 378 g/mol. The van der Waals surface area contributed by atoms with Crippen LogP contribution >= 0.6 is 0 Å². The number of hydrogen-bond donors (Lipinski definition) is 3. The first-order chi connectivity index (χ1) is 12.4. The third-order valence-electron chi connectivity index (χ3n) is 4.49. The van der Waals surface area contributed by atoms with Gasteiger partial charge in [0.2, 0.25) is 10.0 Å². The number of aliphatic hydroxyl groups is 2. The average molecular weight is 378 g/mol. The van der Waals surface area contributed by atoms with E-state index in [9.17, 15) is 18.6 Å². The lowest BCUT2D eigenvalue weighted by atomic mass is 9.90. The highest BCUT2D eigenvalue weighted by Gasteiger charge is 2.34. The summed E-state index contributed by atoms with van der Waals surface area (Å²) in [4.78, 5) is 2.09. The molecular weight excluding hydrogens is 352 g/mol. The first kappa shape index (κ1) is 20.5. The Morgan fingerprint density at radius 1 is 0.923 bits per heavy atom. The number of rotatable bonds is 10. The summed E-state index contributed by atoms with van der Waals surface area (Å²) in [6.07, 6.45) is 0. The van der Waals surface area contributed by atoms with E-state index in [4.69, 9.17) is 0 Å². The van der Waals surface area contributed by atoms with Gasteiger partial charge in [-0.1, -0.05) is 48.5 Å². The highest BCUT2D eigenvalue weighted by molar-refractivity contribution is 7.89. The van der Waals surface area contributed by atoms with Crippen LogP contribution in [0, 0.1) is 0 Å². The van der Waals surface area contributed by atoms with Gasteiger partial charge in [0.1, 0.15) is 0 Å². The van der Waals surface area contributed by atoms with Crippen LogP contribution in [-0.4, -0.2) is 56.4 Å². The van der Waals surface area contributed by atoms with E-state index in [1.807, 2.05) is 42.2 Å². The summed E-state index contributed by atoms with van der Waals surface area (Å²) in [6.45, 7) is 2.47. The second-order valence-electron chi connectivity index (χ2n) is 6.21. The van der Waals surface area contributed by atoms with Gasteiger partial charge in [-0.05, 0) is 24.6 Å². The molecule has 1 atom stereocenters. The standard InChI is InChI=1S/C19H26N2O4S/c1-19(17-8-4-2-5-9-17,21(12-14-22)13-15-23)16-20-26(24,25)18-10-6-3-7-11-18/h2-11,20,22-23H,12-16H2,1H3/t19-/m0/s1. The van der Waals surface area contributed by atoms with Crippen molar-refractivity contribution in [3.8, 4) is 0 Å². The average Bonchev–Trinajstić information content (AvgIpc) is 2.67. The minimum atomic E-state index is -3.67. The van der Waals surface area contributed by atoms with Crippen molar-refractivity contribution in [2.45, 2.75) is 17.4 Å². The predicted octanol–water partition coefficient (Wildman–Crippen LogP) is 1.17. The summed E-state index contributed by atoms with van der Waals surface area (Å²) in [5, 5.41) is 18.8. The number of nitrogens with zero attached hydrogens (tertiary/aromatic N) is 1. The van der Waals surface area contributed by atoms with Crippen molar-refractivity contribution in [2.24, 2.45) is 0 Å². The van der Waals surface area contributed by atoms with Gasteiger partial charge in [0.15, 0.2) is 0 Å². The van der Waals surface area contributed by atoms with Gasteiger partial charge in [-0.25, -0.2) is 13.1 Å². The summed E-state index contributed by atoms with van der Waals surface area (Å²) in [5.41, 5.74) is 0.173. The van der Waals surface area contributed by atoms with Crippen molar-refractivity contribution in [2.75, 3.05) is 32.8 Å². The van der Waals surface area contributed by atoms with Crippen molar-refractivity contribution in [3.05, 3.63) is 66.2 Å². The molecule has 3 N–H and O–H groups in total. The molecule has 0 radical (unpaired) electrons. The minimum absolute atomic E-state index is 0.0894. The zero-order chi connectivity index (χ0) is 19.0. The van der Waals surface area contributed by atoms with Crippen molar-refractivity contribution < 1.29 is 18.6 Å². The molecule has 0 saturated carbocycles. The van der Waals surface area contributed by atoms with Crippen molar-refractivity contribution in [1.82, 2.24) is 9.62 Å². The fraction of sp³-hybridized carbons (Fsp3) is 0.368. The Hall–Kier alpha value is -1.77. The van der Waals surface area contributed by atoms with Crippen LogP contribution in [0.25, 0.3) is 0 Å². The quantitative estimate of drug-likeness (QED) is 0.577. The first-order valence-corrected chi connectivity index (χ1v) is 9.99. The van der Waals surface area contributed by atoms with Crippen molar-refractivity contribution in [3.63, 3.8) is 0 Å². The van der Waals surface area contributed by atoms with Gasteiger partial charge in [-0.2, -0.15) is 0 Å². The van der Waals surface area contributed by atoms with E-state index in [1.54, 1.807) is 30.3 Å². The second kappa shape index (κ2) is 9.25. The van der Waals surface area contributed by atoms with Crippen LogP contribution in [-0.2, 0) is 15.6 Å². The number of hydrogen-bond acceptors (Lipinski definition) is 5. The normalized spacial score (nSPS) is 14.3. The Morgan fingerprint density at radius 3 is 1.92 bits per heavy atom. The molecule has 0 amide bonds. The third-order valence-corrected chi connectivity index (χ3v) is 5.91. The number of benzene rings is 2. The van der Waals surface area contributed by atoms with Crippen molar-refractivity contribution in [1.29, 1.82) is 0 Å². The van der Waals surface area contributed by atoms with Crippen LogP contribution in [0.4, 0.5) is 0 Å². The maximum atomic E-state index is 12.6. The maximum absolute atomic E-state index is 12.6. The lowest BCUT2D eigenvalue weighted by molar-refractivity contribution is 0.0622. The molecule has 0 heterocycles. The number of sulfonamides is 1. The van der Waals surface area contributed by atoms with Gasteiger partial charge >= 0.3 is 0 Å². The van der Waals surface area contributed by atoms with Gasteiger partial charge in [0.05, 0.1) is 23.6 Å². The molecule has 7 heteroatoms. The molecule has 2 rings (SSSR count). The Kier molecular flexibility index (Phi) is 7.31. The van der Waals surface area contributed by atoms with Crippen LogP contribution in [0.1, 0.15) is 12.5 Å². The topological polar surface area (TPSA) is 89.9 Å². The van der Waals surface area contributed by atoms with E-state index in [2.05, 4.69) is 4.72 Å². The summed E-state index contributed by atoms with van der Waals surface area (Å²) in [7, 11) is -3.67. The van der Waals surface area contributed by atoms with E-state index in [0.29, 0.717) is 13.1 Å². The Labute approximate surface area is 155 Å². The minimum Gasteiger partial charge on any atom is -0.395 e. The van der Waals surface area contributed by atoms with Gasteiger partial charge in [0, 0.05) is 19.6 Å². The van der Waals surface area contributed by atoms with E-state index in [0.717, 1.165) is 5.56 Å². The summed E-state index contributed by atoms with van der Waals surface area (Å²) in [5.74, 6) is 0. The van der Waals surface area contributed by atoms with Gasteiger partial charge < -0.3 is 10.2 Å². The zero-order valence-electron chi connectivity index (χ0n) is 14.9. The summed E-state index contributed by atoms with van der Waals surface area (Å²) in [6, 6.07) is 17.7. The lowest BCUT2D eigenvalue weighted by Gasteiger charge is -2.41. The molecule has 0 aliphatic rings. The Morgan fingerprint density at radius 2 is 1.42 bits per heavy atom. The first-order valence-electron chi connectivity index (χ1n) is 8.51. The van der Waals surface area contributed by atoms with Crippen LogP contribution in [0.2, 0.25) is 0 Å². The molecule has 0 fully saturated rings. The van der Waals surface area contributed by atoms with Crippen molar-refractivity contribution >= 4 is 10.0 Å². The van der Waals surface area contributed by atoms with E-state index in [-0.39, 0.29) is 24.7 Å². The highest BCUT2D eigenvalue weighted by atomic mass is 32.2.